The number of halogens is 1. The van der Waals surface area contributed by atoms with E-state index in [1.165, 1.54) is 18.3 Å². The first-order valence-electron chi connectivity index (χ1n) is 5.18. The molecule has 1 N–H and O–H groups in total. The first-order valence-corrected chi connectivity index (χ1v) is 7.05. The largest absolute Gasteiger partial charge is 0.768 e. The molecule has 7 heteroatoms. The van der Waals surface area contributed by atoms with Crippen molar-refractivity contribution >= 4 is 38.6 Å². The third-order valence-electron chi connectivity index (χ3n) is 2.30. The van der Waals surface area contributed by atoms with Crippen LogP contribution in [-0.4, -0.2) is 19.7 Å². The van der Waals surface area contributed by atoms with Gasteiger partial charge in [0.1, 0.15) is 0 Å². The van der Waals surface area contributed by atoms with Crippen molar-refractivity contribution in [1.82, 2.24) is 4.98 Å². The van der Waals surface area contributed by atoms with Crippen molar-refractivity contribution in [3.63, 3.8) is 0 Å². The lowest BCUT2D eigenvalue weighted by atomic mass is 10.2. The number of nitrogens with zero attached hydrogens (tertiary/aromatic N) is 1. The number of anilines is 1. The van der Waals surface area contributed by atoms with Crippen LogP contribution in [0.2, 0.25) is 0 Å². The summed E-state index contributed by atoms with van der Waals surface area (Å²) in [6.07, 6.45) is 2.95. The van der Waals surface area contributed by atoms with E-state index in [0.717, 1.165) is 0 Å². The molecular formula is C12H8BrN2O3S-. The highest BCUT2D eigenvalue weighted by molar-refractivity contribution is 9.10. The minimum atomic E-state index is -2.43. The molecule has 1 unspecified atom stereocenters. The molecule has 1 atom stereocenters. The minimum absolute atomic E-state index is 0.0200. The summed E-state index contributed by atoms with van der Waals surface area (Å²) in [5, 5.41) is 2.54. The van der Waals surface area contributed by atoms with Gasteiger partial charge in [-0.15, -0.1) is 0 Å². The molecular weight excluding hydrogens is 332 g/mol. The molecule has 2 aromatic rings. The minimum Gasteiger partial charge on any atom is -0.768 e. The van der Waals surface area contributed by atoms with Crippen LogP contribution in [0.4, 0.5) is 5.69 Å². The first kappa shape index (κ1) is 13.9. The highest BCUT2D eigenvalue weighted by Gasteiger charge is 2.10. The fraction of sp³-hybridized carbons (Fsp3) is 0. The summed E-state index contributed by atoms with van der Waals surface area (Å²) >= 11 is 0.746. The van der Waals surface area contributed by atoms with Crippen molar-refractivity contribution in [2.75, 3.05) is 5.32 Å². The van der Waals surface area contributed by atoms with E-state index in [9.17, 15) is 13.6 Å². The Morgan fingerprint density at radius 2 is 2.16 bits per heavy atom. The van der Waals surface area contributed by atoms with Crippen LogP contribution >= 0.6 is 15.9 Å². The predicted molar refractivity (Wildman–Crippen MR) is 73.5 cm³/mol. The zero-order valence-electron chi connectivity index (χ0n) is 9.50. The van der Waals surface area contributed by atoms with E-state index in [4.69, 9.17) is 0 Å². The molecule has 1 heterocycles. The normalized spacial score (nSPS) is 11.9. The fourth-order valence-electron chi connectivity index (χ4n) is 1.43. The van der Waals surface area contributed by atoms with Gasteiger partial charge in [-0.05, 0) is 41.4 Å². The number of aromatic nitrogens is 1. The van der Waals surface area contributed by atoms with Crippen molar-refractivity contribution in [2.45, 2.75) is 4.90 Å². The molecule has 19 heavy (non-hydrogen) atoms. The lowest BCUT2D eigenvalue weighted by Gasteiger charge is -2.13. The highest BCUT2D eigenvalue weighted by atomic mass is 79.9. The Morgan fingerprint density at radius 3 is 2.79 bits per heavy atom. The van der Waals surface area contributed by atoms with Crippen molar-refractivity contribution in [1.29, 1.82) is 0 Å². The Kier molecular flexibility index (Phi) is 4.41. The number of nitrogens with one attached hydrogen (secondary N) is 1. The molecule has 2 rings (SSSR count). The molecule has 0 saturated heterocycles. The van der Waals surface area contributed by atoms with E-state index >= 15 is 0 Å². The lowest BCUT2D eigenvalue weighted by molar-refractivity contribution is 0.102. The lowest BCUT2D eigenvalue weighted by Crippen LogP contribution is -2.13. The van der Waals surface area contributed by atoms with Gasteiger partial charge in [-0.1, -0.05) is 15.9 Å². The molecule has 0 aliphatic rings. The van der Waals surface area contributed by atoms with E-state index in [1.54, 1.807) is 24.4 Å². The van der Waals surface area contributed by atoms with Crippen LogP contribution in [0.1, 0.15) is 10.4 Å². The summed E-state index contributed by atoms with van der Waals surface area (Å²) in [5.74, 6) is -0.415. The maximum atomic E-state index is 11.9. The van der Waals surface area contributed by atoms with E-state index in [-0.39, 0.29) is 10.6 Å². The number of rotatable bonds is 3. The van der Waals surface area contributed by atoms with Crippen molar-refractivity contribution in [3.05, 3.63) is 52.8 Å². The van der Waals surface area contributed by atoms with Gasteiger partial charge in [0.2, 0.25) is 0 Å². The number of hydrogen-bond acceptors (Lipinski definition) is 4. The van der Waals surface area contributed by atoms with Gasteiger partial charge in [0.15, 0.2) is 0 Å². The van der Waals surface area contributed by atoms with Gasteiger partial charge < -0.3 is 9.87 Å². The Morgan fingerprint density at radius 1 is 1.37 bits per heavy atom. The molecule has 1 amide bonds. The maximum absolute atomic E-state index is 11.9. The molecule has 1 aromatic carbocycles. The summed E-state index contributed by atoms with van der Waals surface area (Å²) in [6, 6.07) is 7.80. The van der Waals surface area contributed by atoms with E-state index in [2.05, 4.69) is 26.2 Å². The van der Waals surface area contributed by atoms with Crippen molar-refractivity contribution in [3.8, 4) is 0 Å². The van der Waals surface area contributed by atoms with Crippen molar-refractivity contribution < 1.29 is 13.6 Å². The summed E-state index contributed by atoms with van der Waals surface area (Å²) in [4.78, 5) is 15.8. The zero-order chi connectivity index (χ0) is 13.8. The topological polar surface area (TPSA) is 82.1 Å². The van der Waals surface area contributed by atoms with Gasteiger partial charge in [-0.25, -0.2) is 0 Å². The second-order valence-corrected chi connectivity index (χ2v) is 5.40. The monoisotopic (exact) mass is 339 g/mol. The molecule has 0 fully saturated rings. The quantitative estimate of drug-likeness (QED) is 0.870. The standard InChI is InChI=1S/C12H9BrN2O3S/c13-9-3-4-10(11(6-9)19(17)18)15-12(16)8-2-1-5-14-7-8/h1-7H,(H,15,16)(H,17,18)/p-1. The van der Waals surface area contributed by atoms with Crippen LogP contribution in [-0.2, 0) is 11.1 Å². The number of benzene rings is 1. The summed E-state index contributed by atoms with van der Waals surface area (Å²) < 4.78 is 22.8. The van der Waals surface area contributed by atoms with Crippen LogP contribution in [0, 0.1) is 0 Å². The fourth-order valence-corrected chi connectivity index (χ4v) is 2.46. The SMILES string of the molecule is O=C(Nc1ccc(Br)cc1S(=O)[O-])c1cccnc1. The van der Waals surface area contributed by atoms with Crippen LogP contribution < -0.4 is 5.32 Å². The summed E-state index contributed by atoms with van der Waals surface area (Å²) in [6.45, 7) is 0. The number of amides is 1. The smallest absolute Gasteiger partial charge is 0.257 e. The van der Waals surface area contributed by atoms with Gasteiger partial charge in [0.05, 0.1) is 11.3 Å². The van der Waals surface area contributed by atoms with Crippen LogP contribution in [0.25, 0.3) is 0 Å². The Balaban J connectivity index is 2.29. The molecule has 0 bridgehead atoms. The van der Waals surface area contributed by atoms with Crippen LogP contribution in [0.15, 0.2) is 52.1 Å². The Hall–Kier alpha value is -1.57. The van der Waals surface area contributed by atoms with Gasteiger partial charge in [-0.3, -0.25) is 14.0 Å². The summed E-state index contributed by atoms with van der Waals surface area (Å²) in [5.41, 5.74) is 0.582. The maximum Gasteiger partial charge on any atom is 0.257 e. The first-order chi connectivity index (χ1) is 9.08. The molecule has 5 nitrogen and oxygen atoms in total. The average Bonchev–Trinajstić information content (AvgIpc) is 2.41. The van der Waals surface area contributed by atoms with E-state index in [1.807, 2.05) is 0 Å². The predicted octanol–water partition coefficient (Wildman–Crippen LogP) is 2.33. The average molecular weight is 340 g/mol. The Labute approximate surface area is 120 Å². The van der Waals surface area contributed by atoms with Crippen LogP contribution in [0.5, 0.6) is 0 Å². The van der Waals surface area contributed by atoms with Gasteiger partial charge in [0, 0.05) is 21.8 Å². The highest BCUT2D eigenvalue weighted by Crippen LogP contribution is 2.24. The van der Waals surface area contributed by atoms with Crippen molar-refractivity contribution in [2.24, 2.45) is 0 Å². The molecule has 0 aliphatic heterocycles. The second kappa shape index (κ2) is 6.05. The molecule has 1 aromatic heterocycles. The Bertz CT molecular complexity index is 634. The van der Waals surface area contributed by atoms with Gasteiger partial charge in [-0.2, -0.15) is 0 Å². The third kappa shape index (κ3) is 3.46. The summed E-state index contributed by atoms with van der Waals surface area (Å²) in [7, 11) is 0. The zero-order valence-corrected chi connectivity index (χ0v) is 11.9. The molecule has 0 aliphatic carbocycles. The number of carbonyl (C=O) groups is 1. The van der Waals surface area contributed by atoms with E-state index < -0.39 is 17.0 Å². The second-order valence-electron chi connectivity index (χ2n) is 3.57. The third-order valence-corrected chi connectivity index (χ3v) is 3.49. The molecule has 0 saturated carbocycles. The number of hydrogen-bond donors (Lipinski definition) is 1. The molecule has 0 radical (unpaired) electrons. The number of pyridine rings is 1. The molecule has 98 valence electrons. The van der Waals surface area contributed by atoms with Gasteiger partial charge >= 0.3 is 0 Å². The van der Waals surface area contributed by atoms with Crippen LogP contribution in [0.3, 0.4) is 0 Å². The van der Waals surface area contributed by atoms with E-state index in [0.29, 0.717) is 10.0 Å². The van der Waals surface area contributed by atoms with Gasteiger partial charge in [0.25, 0.3) is 5.91 Å². The number of carbonyl (C=O) groups excluding carboxylic acids is 1. The molecule has 0 spiro atoms.